The normalized spacial score (nSPS) is 13.6. The molecule has 0 heterocycles. The highest BCUT2D eigenvalue weighted by Crippen LogP contribution is 2.22. The lowest BCUT2D eigenvalue weighted by atomic mass is 10.1. The predicted octanol–water partition coefficient (Wildman–Crippen LogP) is 1.16. The van der Waals surface area contributed by atoms with E-state index in [1.165, 1.54) is 0 Å². The summed E-state index contributed by atoms with van der Waals surface area (Å²) in [5.74, 6) is -0.545. The summed E-state index contributed by atoms with van der Waals surface area (Å²) >= 11 is 0. The molecule has 1 aromatic carbocycles. The number of nitrogen functional groups attached to an aromatic ring is 1. The van der Waals surface area contributed by atoms with Crippen molar-refractivity contribution in [3.8, 4) is 0 Å². The van der Waals surface area contributed by atoms with Crippen molar-refractivity contribution in [1.82, 2.24) is 5.32 Å². The number of carbonyl (C=O) groups is 2. The Balaban J connectivity index is 1.90. The fraction of sp³-hybridized carbons (Fsp3) is 0.467. The van der Waals surface area contributed by atoms with E-state index in [4.69, 9.17) is 10.5 Å². The third kappa shape index (κ3) is 4.37. The molecule has 1 saturated carbocycles. The Bertz CT molecular complexity index is 539. The Labute approximate surface area is 124 Å². The van der Waals surface area contributed by atoms with Gasteiger partial charge in [-0.1, -0.05) is 0 Å². The highest BCUT2D eigenvalue weighted by Gasteiger charge is 2.23. The number of benzene rings is 1. The minimum atomic E-state index is -0.467. The van der Waals surface area contributed by atoms with Gasteiger partial charge in [0, 0.05) is 25.8 Å². The first-order chi connectivity index (χ1) is 9.97. The average molecular weight is 291 g/mol. The van der Waals surface area contributed by atoms with Crippen molar-refractivity contribution in [2.75, 3.05) is 31.3 Å². The number of ether oxygens (including phenoxy) is 1. The van der Waals surface area contributed by atoms with Crippen molar-refractivity contribution >= 4 is 23.3 Å². The minimum absolute atomic E-state index is 0.0685. The van der Waals surface area contributed by atoms with Gasteiger partial charge in [-0.3, -0.25) is 4.79 Å². The Morgan fingerprint density at radius 2 is 2.10 bits per heavy atom. The van der Waals surface area contributed by atoms with Gasteiger partial charge < -0.3 is 20.7 Å². The lowest BCUT2D eigenvalue weighted by molar-refractivity contribution is -0.121. The number of nitrogens with zero attached hydrogens (tertiary/aromatic N) is 1. The van der Waals surface area contributed by atoms with Crippen LogP contribution in [0.5, 0.6) is 0 Å². The summed E-state index contributed by atoms with van der Waals surface area (Å²) < 4.78 is 5.16. The summed E-state index contributed by atoms with van der Waals surface area (Å²) in [6.45, 7) is 0.0685. The monoisotopic (exact) mass is 291 g/mol. The number of nitrogens with two attached hydrogens (primary N) is 1. The molecule has 6 nitrogen and oxygen atoms in total. The first-order valence-electron chi connectivity index (χ1n) is 7.00. The van der Waals surface area contributed by atoms with E-state index < -0.39 is 5.97 Å². The second kappa shape index (κ2) is 6.47. The molecule has 0 spiro atoms. The summed E-state index contributed by atoms with van der Waals surface area (Å²) in [7, 11) is 3.68. The van der Waals surface area contributed by atoms with Gasteiger partial charge in [0.25, 0.3) is 0 Å². The summed E-state index contributed by atoms with van der Waals surface area (Å²) in [6.07, 6.45) is 2.27. The van der Waals surface area contributed by atoms with Crippen LogP contribution in [-0.2, 0) is 9.53 Å². The molecule has 0 saturated heterocycles. The Morgan fingerprint density at radius 1 is 1.38 bits per heavy atom. The van der Waals surface area contributed by atoms with E-state index in [2.05, 4.69) is 5.32 Å². The number of rotatable bonds is 6. The van der Waals surface area contributed by atoms with E-state index in [1.54, 1.807) is 18.2 Å². The van der Waals surface area contributed by atoms with E-state index in [9.17, 15) is 9.59 Å². The van der Waals surface area contributed by atoms with Gasteiger partial charge in [-0.15, -0.1) is 0 Å². The van der Waals surface area contributed by atoms with Gasteiger partial charge in [0.15, 0.2) is 0 Å². The number of amides is 1. The molecule has 0 bridgehead atoms. The zero-order valence-electron chi connectivity index (χ0n) is 12.4. The lowest BCUT2D eigenvalue weighted by Gasteiger charge is -2.17. The van der Waals surface area contributed by atoms with Crippen LogP contribution in [-0.4, -0.2) is 38.6 Å². The molecule has 0 radical (unpaired) electrons. The Kier molecular flexibility index (Phi) is 4.67. The highest BCUT2D eigenvalue weighted by molar-refractivity contribution is 5.97. The van der Waals surface area contributed by atoms with Gasteiger partial charge in [-0.05, 0) is 31.0 Å². The summed E-state index contributed by atoms with van der Waals surface area (Å²) in [5, 5.41) is 2.85. The van der Waals surface area contributed by atoms with Crippen molar-refractivity contribution in [2.45, 2.75) is 25.3 Å². The van der Waals surface area contributed by atoms with Crippen LogP contribution in [0.15, 0.2) is 18.2 Å². The van der Waals surface area contributed by atoms with E-state index in [-0.39, 0.29) is 18.9 Å². The van der Waals surface area contributed by atoms with Crippen molar-refractivity contribution in [3.63, 3.8) is 0 Å². The first kappa shape index (κ1) is 15.2. The number of hydrogen-bond acceptors (Lipinski definition) is 5. The molecule has 114 valence electrons. The molecule has 6 heteroatoms. The van der Waals surface area contributed by atoms with Gasteiger partial charge in [-0.25, -0.2) is 4.79 Å². The van der Waals surface area contributed by atoms with Crippen LogP contribution in [0.25, 0.3) is 0 Å². The molecule has 21 heavy (non-hydrogen) atoms. The van der Waals surface area contributed by atoms with E-state index >= 15 is 0 Å². The smallest absolute Gasteiger partial charge is 0.340 e. The van der Waals surface area contributed by atoms with Crippen LogP contribution in [0, 0.1) is 0 Å². The standard InChI is InChI=1S/C15H21N3O3/c1-18(2)13-6-3-10(16)9-12(13)15(20)21-8-7-14(19)17-11-4-5-11/h3,6,9,11H,4-5,7-8,16H2,1-2H3,(H,17,19). The summed E-state index contributed by atoms with van der Waals surface area (Å²) in [4.78, 5) is 25.4. The fourth-order valence-corrected chi connectivity index (χ4v) is 1.95. The van der Waals surface area contributed by atoms with Gasteiger partial charge in [0.05, 0.1) is 17.7 Å². The van der Waals surface area contributed by atoms with Crippen molar-refractivity contribution < 1.29 is 14.3 Å². The fourth-order valence-electron chi connectivity index (χ4n) is 1.95. The van der Waals surface area contributed by atoms with Crippen molar-refractivity contribution in [3.05, 3.63) is 23.8 Å². The molecule has 1 aliphatic carbocycles. The summed E-state index contributed by atoms with van der Waals surface area (Å²) in [5.41, 5.74) is 7.35. The van der Waals surface area contributed by atoms with E-state index in [1.807, 2.05) is 19.0 Å². The lowest BCUT2D eigenvalue weighted by Crippen LogP contribution is -2.26. The first-order valence-corrected chi connectivity index (χ1v) is 7.00. The zero-order chi connectivity index (χ0) is 15.4. The van der Waals surface area contributed by atoms with Crippen LogP contribution in [0.3, 0.4) is 0 Å². The second-order valence-electron chi connectivity index (χ2n) is 5.40. The average Bonchev–Trinajstić information content (AvgIpc) is 3.21. The number of carbonyl (C=O) groups excluding carboxylic acids is 2. The topological polar surface area (TPSA) is 84.7 Å². The van der Waals surface area contributed by atoms with Crippen LogP contribution < -0.4 is 16.0 Å². The number of esters is 1. The number of nitrogens with one attached hydrogen (secondary N) is 1. The third-order valence-corrected chi connectivity index (χ3v) is 3.23. The molecule has 0 unspecified atom stereocenters. The molecular formula is C15H21N3O3. The molecule has 2 rings (SSSR count). The van der Waals surface area contributed by atoms with Crippen LogP contribution in [0.1, 0.15) is 29.6 Å². The number of anilines is 2. The number of hydrogen-bond donors (Lipinski definition) is 2. The quantitative estimate of drug-likeness (QED) is 0.607. The van der Waals surface area contributed by atoms with Gasteiger partial charge >= 0.3 is 5.97 Å². The molecule has 0 aliphatic heterocycles. The minimum Gasteiger partial charge on any atom is -0.461 e. The maximum absolute atomic E-state index is 12.1. The SMILES string of the molecule is CN(C)c1ccc(N)cc1C(=O)OCCC(=O)NC1CC1. The predicted molar refractivity (Wildman–Crippen MR) is 81.2 cm³/mol. The summed E-state index contributed by atoms with van der Waals surface area (Å²) in [6, 6.07) is 5.41. The zero-order valence-corrected chi connectivity index (χ0v) is 12.4. The highest BCUT2D eigenvalue weighted by atomic mass is 16.5. The largest absolute Gasteiger partial charge is 0.461 e. The third-order valence-electron chi connectivity index (χ3n) is 3.23. The molecule has 0 atom stereocenters. The van der Waals surface area contributed by atoms with Crippen LogP contribution in [0.4, 0.5) is 11.4 Å². The Hall–Kier alpha value is -2.24. The van der Waals surface area contributed by atoms with Gasteiger partial charge in [-0.2, -0.15) is 0 Å². The molecule has 3 N–H and O–H groups in total. The van der Waals surface area contributed by atoms with E-state index in [0.29, 0.717) is 17.3 Å². The van der Waals surface area contributed by atoms with Gasteiger partial charge in [0.2, 0.25) is 5.91 Å². The molecule has 1 amide bonds. The van der Waals surface area contributed by atoms with Crippen molar-refractivity contribution in [2.24, 2.45) is 0 Å². The van der Waals surface area contributed by atoms with Crippen molar-refractivity contribution in [1.29, 1.82) is 0 Å². The Morgan fingerprint density at radius 3 is 2.71 bits per heavy atom. The molecule has 1 aromatic rings. The maximum atomic E-state index is 12.1. The molecule has 1 aliphatic rings. The molecule has 0 aromatic heterocycles. The van der Waals surface area contributed by atoms with Crippen LogP contribution >= 0.6 is 0 Å². The van der Waals surface area contributed by atoms with Crippen LogP contribution in [0.2, 0.25) is 0 Å². The second-order valence-corrected chi connectivity index (χ2v) is 5.40. The maximum Gasteiger partial charge on any atom is 0.340 e. The molecule has 1 fully saturated rings. The molecular weight excluding hydrogens is 270 g/mol. The van der Waals surface area contributed by atoms with E-state index in [0.717, 1.165) is 18.5 Å². The van der Waals surface area contributed by atoms with Gasteiger partial charge in [0.1, 0.15) is 6.61 Å².